The maximum atomic E-state index is 3.82. The van der Waals surface area contributed by atoms with Crippen molar-refractivity contribution in [2.45, 2.75) is 56.7 Å². The van der Waals surface area contributed by atoms with E-state index >= 15 is 0 Å². The molecule has 1 N–H and O–H groups in total. The molecule has 0 aromatic rings. The Morgan fingerprint density at radius 1 is 1.29 bits per heavy atom. The van der Waals surface area contributed by atoms with E-state index in [1.165, 1.54) is 45.2 Å². The summed E-state index contributed by atoms with van der Waals surface area (Å²) in [5.74, 6) is 0. The molecule has 0 amide bonds. The SMILES string of the molecule is CC1CC(NCC2(N(C)C)CCCC2)CN1C. The normalized spacial score (nSPS) is 33.7. The van der Waals surface area contributed by atoms with Crippen LogP contribution in [0.1, 0.15) is 39.0 Å². The van der Waals surface area contributed by atoms with Crippen LogP contribution >= 0.6 is 0 Å². The zero-order valence-corrected chi connectivity index (χ0v) is 12.0. The molecule has 2 unspecified atom stereocenters. The Balaban J connectivity index is 1.84. The van der Waals surface area contributed by atoms with Gasteiger partial charge >= 0.3 is 0 Å². The third kappa shape index (κ3) is 2.83. The molecule has 0 radical (unpaired) electrons. The van der Waals surface area contributed by atoms with Crippen LogP contribution < -0.4 is 5.32 Å². The molecule has 0 aromatic carbocycles. The summed E-state index contributed by atoms with van der Waals surface area (Å²) in [5, 5.41) is 3.82. The van der Waals surface area contributed by atoms with E-state index in [1.807, 2.05) is 0 Å². The van der Waals surface area contributed by atoms with Crippen molar-refractivity contribution in [2.75, 3.05) is 34.2 Å². The van der Waals surface area contributed by atoms with Gasteiger partial charge in [0.1, 0.15) is 0 Å². The molecule has 100 valence electrons. The van der Waals surface area contributed by atoms with Gasteiger partial charge < -0.3 is 15.1 Å². The molecule has 2 aliphatic rings. The number of nitrogens with zero attached hydrogens (tertiary/aromatic N) is 2. The van der Waals surface area contributed by atoms with Gasteiger partial charge in [0.2, 0.25) is 0 Å². The van der Waals surface area contributed by atoms with Crippen molar-refractivity contribution >= 4 is 0 Å². The maximum absolute atomic E-state index is 3.82. The van der Waals surface area contributed by atoms with Gasteiger partial charge in [0.15, 0.2) is 0 Å². The Kier molecular flexibility index (Phi) is 4.11. The van der Waals surface area contributed by atoms with Crippen LogP contribution in [0.4, 0.5) is 0 Å². The first kappa shape index (κ1) is 13.3. The summed E-state index contributed by atoms with van der Waals surface area (Å²) in [6.45, 7) is 4.72. The second-order valence-electron chi connectivity index (χ2n) is 6.43. The van der Waals surface area contributed by atoms with Gasteiger partial charge in [-0.1, -0.05) is 12.8 Å². The highest BCUT2D eigenvalue weighted by molar-refractivity contribution is 4.96. The molecule has 1 saturated carbocycles. The molecule has 2 fully saturated rings. The molecule has 1 aliphatic heterocycles. The lowest BCUT2D eigenvalue weighted by atomic mass is 9.95. The minimum atomic E-state index is 0.435. The number of likely N-dealkylation sites (tertiary alicyclic amines) is 1. The van der Waals surface area contributed by atoms with E-state index < -0.39 is 0 Å². The van der Waals surface area contributed by atoms with E-state index in [1.54, 1.807) is 0 Å². The average molecular weight is 239 g/mol. The zero-order chi connectivity index (χ0) is 12.5. The monoisotopic (exact) mass is 239 g/mol. The summed E-state index contributed by atoms with van der Waals surface area (Å²) in [6.07, 6.45) is 6.85. The standard InChI is InChI=1S/C14H29N3/c1-12-9-13(10-17(12)4)15-11-14(16(2)3)7-5-6-8-14/h12-13,15H,5-11H2,1-4H3. The van der Waals surface area contributed by atoms with Gasteiger partial charge in [0, 0.05) is 30.7 Å². The van der Waals surface area contributed by atoms with Gasteiger partial charge in [-0.05, 0) is 47.3 Å². The number of hydrogen-bond donors (Lipinski definition) is 1. The van der Waals surface area contributed by atoms with Crippen molar-refractivity contribution in [1.82, 2.24) is 15.1 Å². The number of hydrogen-bond acceptors (Lipinski definition) is 3. The van der Waals surface area contributed by atoms with Gasteiger partial charge in [-0.15, -0.1) is 0 Å². The fraction of sp³-hybridized carbons (Fsp3) is 1.00. The molecule has 17 heavy (non-hydrogen) atoms. The van der Waals surface area contributed by atoms with Crippen molar-refractivity contribution in [2.24, 2.45) is 0 Å². The summed E-state index contributed by atoms with van der Waals surface area (Å²) >= 11 is 0. The summed E-state index contributed by atoms with van der Waals surface area (Å²) < 4.78 is 0. The van der Waals surface area contributed by atoms with Crippen LogP contribution in [-0.4, -0.2) is 61.7 Å². The van der Waals surface area contributed by atoms with Gasteiger partial charge in [-0.2, -0.15) is 0 Å². The lowest BCUT2D eigenvalue weighted by Crippen LogP contribution is -2.52. The molecule has 3 heteroatoms. The topological polar surface area (TPSA) is 18.5 Å². The average Bonchev–Trinajstić information content (AvgIpc) is 2.85. The van der Waals surface area contributed by atoms with Crippen molar-refractivity contribution in [1.29, 1.82) is 0 Å². The van der Waals surface area contributed by atoms with Crippen LogP contribution in [0.2, 0.25) is 0 Å². The summed E-state index contributed by atoms with van der Waals surface area (Å²) in [6, 6.07) is 1.44. The zero-order valence-electron chi connectivity index (χ0n) is 12.0. The van der Waals surface area contributed by atoms with E-state index in [4.69, 9.17) is 0 Å². The third-order valence-corrected chi connectivity index (χ3v) is 5.09. The van der Waals surface area contributed by atoms with E-state index in [0.29, 0.717) is 11.6 Å². The van der Waals surface area contributed by atoms with Crippen molar-refractivity contribution in [3.8, 4) is 0 Å². The van der Waals surface area contributed by atoms with Gasteiger partial charge in [-0.3, -0.25) is 0 Å². The van der Waals surface area contributed by atoms with Crippen LogP contribution in [0.3, 0.4) is 0 Å². The second kappa shape index (κ2) is 5.25. The first-order chi connectivity index (χ1) is 8.03. The summed E-state index contributed by atoms with van der Waals surface area (Å²) in [4.78, 5) is 4.92. The van der Waals surface area contributed by atoms with Crippen molar-refractivity contribution in [3.05, 3.63) is 0 Å². The predicted octanol–water partition coefficient (Wildman–Crippen LogP) is 1.54. The smallest absolute Gasteiger partial charge is 0.0328 e. The lowest BCUT2D eigenvalue weighted by Gasteiger charge is -2.37. The van der Waals surface area contributed by atoms with E-state index in [-0.39, 0.29) is 0 Å². The first-order valence-electron chi connectivity index (χ1n) is 7.14. The van der Waals surface area contributed by atoms with Crippen LogP contribution in [0.25, 0.3) is 0 Å². The molecule has 1 aliphatic carbocycles. The Morgan fingerprint density at radius 3 is 2.41 bits per heavy atom. The molecule has 0 bridgehead atoms. The Bertz CT molecular complexity index is 236. The van der Waals surface area contributed by atoms with Crippen LogP contribution in [0.5, 0.6) is 0 Å². The molecule has 0 aromatic heterocycles. The van der Waals surface area contributed by atoms with Crippen LogP contribution in [0.15, 0.2) is 0 Å². The minimum Gasteiger partial charge on any atom is -0.311 e. The van der Waals surface area contributed by atoms with Crippen LogP contribution in [0, 0.1) is 0 Å². The quantitative estimate of drug-likeness (QED) is 0.803. The maximum Gasteiger partial charge on any atom is 0.0328 e. The molecule has 2 rings (SSSR count). The molecule has 3 nitrogen and oxygen atoms in total. The van der Waals surface area contributed by atoms with Crippen molar-refractivity contribution in [3.63, 3.8) is 0 Å². The highest BCUT2D eigenvalue weighted by Crippen LogP contribution is 2.33. The van der Waals surface area contributed by atoms with Gasteiger partial charge in [-0.25, -0.2) is 0 Å². The molecular weight excluding hydrogens is 210 g/mol. The fourth-order valence-corrected chi connectivity index (χ4v) is 3.49. The number of likely N-dealkylation sites (N-methyl/N-ethyl adjacent to an activating group) is 2. The van der Waals surface area contributed by atoms with E-state index in [0.717, 1.165) is 6.04 Å². The largest absolute Gasteiger partial charge is 0.311 e. The Morgan fingerprint density at radius 2 is 1.94 bits per heavy atom. The van der Waals surface area contributed by atoms with Crippen LogP contribution in [-0.2, 0) is 0 Å². The molecule has 2 atom stereocenters. The molecule has 1 saturated heterocycles. The van der Waals surface area contributed by atoms with E-state index in [2.05, 4.69) is 43.2 Å². The van der Waals surface area contributed by atoms with Crippen molar-refractivity contribution < 1.29 is 0 Å². The summed E-state index contributed by atoms with van der Waals surface area (Å²) in [5.41, 5.74) is 0.435. The molecular formula is C14H29N3. The Labute approximate surface area is 107 Å². The second-order valence-corrected chi connectivity index (χ2v) is 6.43. The Hall–Kier alpha value is -0.120. The predicted molar refractivity (Wildman–Crippen MR) is 73.4 cm³/mol. The first-order valence-corrected chi connectivity index (χ1v) is 7.14. The minimum absolute atomic E-state index is 0.435. The third-order valence-electron chi connectivity index (χ3n) is 5.09. The number of nitrogens with one attached hydrogen (secondary N) is 1. The number of rotatable bonds is 4. The lowest BCUT2D eigenvalue weighted by molar-refractivity contribution is 0.149. The van der Waals surface area contributed by atoms with Gasteiger partial charge in [0.25, 0.3) is 0 Å². The highest BCUT2D eigenvalue weighted by Gasteiger charge is 2.37. The van der Waals surface area contributed by atoms with E-state index in [9.17, 15) is 0 Å². The fourth-order valence-electron chi connectivity index (χ4n) is 3.49. The molecule has 0 spiro atoms. The summed E-state index contributed by atoms with van der Waals surface area (Å²) in [7, 11) is 6.73. The van der Waals surface area contributed by atoms with Gasteiger partial charge in [0.05, 0.1) is 0 Å². The molecule has 1 heterocycles. The highest BCUT2D eigenvalue weighted by atomic mass is 15.2.